The third-order valence-electron chi connectivity index (χ3n) is 5.15. The molecule has 6 nitrogen and oxygen atoms in total. The molecule has 2 aliphatic heterocycles. The van der Waals surface area contributed by atoms with Gasteiger partial charge in [0.25, 0.3) is 0 Å². The van der Waals surface area contributed by atoms with Crippen molar-refractivity contribution in [3.05, 3.63) is 30.1 Å². The molecule has 8 heteroatoms. The second kappa shape index (κ2) is 7.25. The van der Waals surface area contributed by atoms with Crippen LogP contribution in [-0.2, 0) is 19.6 Å². The van der Waals surface area contributed by atoms with Gasteiger partial charge in [0, 0.05) is 19.0 Å². The van der Waals surface area contributed by atoms with Crippen LogP contribution in [0, 0.1) is 11.7 Å². The van der Waals surface area contributed by atoms with E-state index in [2.05, 4.69) is 5.32 Å². The van der Waals surface area contributed by atoms with Gasteiger partial charge in [-0.25, -0.2) is 12.8 Å². The van der Waals surface area contributed by atoms with Gasteiger partial charge in [0.2, 0.25) is 15.9 Å². The lowest BCUT2D eigenvalue weighted by Crippen LogP contribution is -2.47. The normalized spacial score (nSPS) is 23.5. The number of nitrogens with one attached hydrogen (secondary N) is 1. The van der Waals surface area contributed by atoms with Crippen molar-refractivity contribution in [2.75, 3.05) is 19.7 Å². The minimum absolute atomic E-state index is 0.00164. The van der Waals surface area contributed by atoms with Crippen LogP contribution in [0.1, 0.15) is 33.1 Å². The molecule has 1 spiro atoms. The monoisotopic (exact) mass is 384 g/mol. The molecule has 1 amide bonds. The largest absolute Gasteiger partial charge is 0.373 e. The summed E-state index contributed by atoms with van der Waals surface area (Å²) in [6.07, 6.45) is 1.82. The van der Waals surface area contributed by atoms with Crippen molar-refractivity contribution in [1.29, 1.82) is 0 Å². The Hall–Kier alpha value is -1.51. The zero-order valence-electron chi connectivity index (χ0n) is 15.1. The second-order valence-electron chi connectivity index (χ2n) is 7.42. The van der Waals surface area contributed by atoms with E-state index in [4.69, 9.17) is 4.74 Å². The highest BCUT2D eigenvalue weighted by molar-refractivity contribution is 7.89. The summed E-state index contributed by atoms with van der Waals surface area (Å²) >= 11 is 0. The zero-order valence-corrected chi connectivity index (χ0v) is 15.9. The van der Waals surface area contributed by atoms with Crippen LogP contribution >= 0.6 is 0 Å². The van der Waals surface area contributed by atoms with Crippen LogP contribution in [0.5, 0.6) is 0 Å². The quantitative estimate of drug-likeness (QED) is 0.860. The summed E-state index contributed by atoms with van der Waals surface area (Å²) in [5, 5.41) is 2.99. The van der Waals surface area contributed by atoms with E-state index in [-0.39, 0.29) is 28.4 Å². The molecule has 1 aromatic rings. The fourth-order valence-electron chi connectivity index (χ4n) is 3.56. The number of piperidine rings is 1. The number of rotatable bonds is 4. The van der Waals surface area contributed by atoms with E-state index in [1.807, 2.05) is 13.8 Å². The lowest BCUT2D eigenvalue weighted by molar-refractivity contribution is -0.124. The number of halogens is 1. The highest BCUT2D eigenvalue weighted by Crippen LogP contribution is 2.37. The topological polar surface area (TPSA) is 75.7 Å². The van der Waals surface area contributed by atoms with E-state index < -0.39 is 15.8 Å². The molecule has 2 heterocycles. The molecular formula is C18H25FN2O4S. The molecule has 0 bridgehead atoms. The average Bonchev–Trinajstić information content (AvgIpc) is 2.97. The number of carbonyl (C=O) groups excluding carboxylic acids is 1. The summed E-state index contributed by atoms with van der Waals surface area (Å²) < 4.78 is 46.1. The first-order valence-corrected chi connectivity index (χ1v) is 10.4. The summed E-state index contributed by atoms with van der Waals surface area (Å²) in [7, 11) is -3.71. The van der Waals surface area contributed by atoms with Gasteiger partial charge in [0.15, 0.2) is 0 Å². The number of hydrogen-bond acceptors (Lipinski definition) is 4. The van der Waals surface area contributed by atoms with Crippen LogP contribution in [0.25, 0.3) is 0 Å². The van der Waals surface area contributed by atoms with Crippen molar-refractivity contribution in [2.45, 2.75) is 49.6 Å². The van der Waals surface area contributed by atoms with Crippen LogP contribution in [0.3, 0.4) is 0 Å². The van der Waals surface area contributed by atoms with Crippen molar-refractivity contribution in [2.24, 2.45) is 5.92 Å². The number of sulfonamides is 1. The lowest BCUT2D eigenvalue weighted by atomic mass is 9.88. The Morgan fingerprint density at radius 2 is 2.04 bits per heavy atom. The van der Waals surface area contributed by atoms with Gasteiger partial charge < -0.3 is 10.1 Å². The molecule has 3 rings (SSSR count). The molecule has 1 N–H and O–H groups in total. The van der Waals surface area contributed by atoms with Gasteiger partial charge in [-0.2, -0.15) is 4.31 Å². The van der Waals surface area contributed by atoms with E-state index >= 15 is 0 Å². The lowest BCUT2D eigenvalue weighted by Gasteiger charge is -2.38. The van der Waals surface area contributed by atoms with E-state index in [0.717, 1.165) is 6.07 Å². The summed E-state index contributed by atoms with van der Waals surface area (Å²) in [4.78, 5) is 11.8. The van der Waals surface area contributed by atoms with Gasteiger partial charge >= 0.3 is 0 Å². The van der Waals surface area contributed by atoms with Gasteiger partial charge in [0.05, 0.1) is 23.1 Å². The number of hydrogen-bond donors (Lipinski definition) is 1. The molecule has 0 radical (unpaired) electrons. The van der Waals surface area contributed by atoms with E-state index in [0.29, 0.717) is 39.0 Å². The van der Waals surface area contributed by atoms with Gasteiger partial charge in [0.1, 0.15) is 5.82 Å². The smallest absolute Gasteiger partial charge is 0.243 e. The third kappa shape index (κ3) is 3.92. The minimum atomic E-state index is -3.71. The standard InChI is InChI=1S/C18H25FN2O4S/c1-13(2)17(22)20-15-11-18(25-12-15)6-8-21(9-7-18)26(23,24)16-5-3-4-14(19)10-16/h3-5,10,13,15H,6-9,11-12H2,1-2H3,(H,20,22)/t15-/m1/s1. The van der Waals surface area contributed by atoms with E-state index in [1.165, 1.54) is 22.5 Å². The Kier molecular flexibility index (Phi) is 5.37. The molecule has 2 fully saturated rings. The molecule has 0 unspecified atom stereocenters. The van der Waals surface area contributed by atoms with Crippen LogP contribution in [-0.4, -0.2) is 50.0 Å². The average molecular weight is 384 g/mol. The molecule has 1 aromatic carbocycles. The number of amides is 1. The molecule has 0 aromatic heterocycles. The van der Waals surface area contributed by atoms with Crippen molar-refractivity contribution >= 4 is 15.9 Å². The van der Waals surface area contributed by atoms with Crippen LogP contribution < -0.4 is 5.32 Å². The fraction of sp³-hybridized carbons (Fsp3) is 0.611. The van der Waals surface area contributed by atoms with Crippen molar-refractivity contribution in [3.63, 3.8) is 0 Å². The third-order valence-corrected chi connectivity index (χ3v) is 7.04. The number of carbonyl (C=O) groups is 1. The van der Waals surface area contributed by atoms with Gasteiger partial charge in [-0.3, -0.25) is 4.79 Å². The van der Waals surface area contributed by atoms with Crippen LogP contribution in [0.15, 0.2) is 29.2 Å². The Labute approximate surface area is 153 Å². The fourth-order valence-corrected chi connectivity index (χ4v) is 5.04. The molecular weight excluding hydrogens is 359 g/mol. The number of ether oxygens (including phenoxy) is 1. The summed E-state index contributed by atoms with van der Waals surface area (Å²) in [5.41, 5.74) is -0.386. The summed E-state index contributed by atoms with van der Waals surface area (Å²) in [6.45, 7) is 4.79. The van der Waals surface area contributed by atoms with Gasteiger partial charge in [-0.1, -0.05) is 19.9 Å². The Morgan fingerprint density at radius 3 is 2.65 bits per heavy atom. The maximum atomic E-state index is 13.4. The molecule has 2 aliphatic rings. The Balaban J connectivity index is 1.62. The van der Waals surface area contributed by atoms with E-state index in [9.17, 15) is 17.6 Å². The van der Waals surface area contributed by atoms with Crippen LogP contribution in [0.2, 0.25) is 0 Å². The Morgan fingerprint density at radius 1 is 1.35 bits per heavy atom. The Bertz CT molecular complexity index is 773. The minimum Gasteiger partial charge on any atom is -0.373 e. The van der Waals surface area contributed by atoms with Crippen molar-refractivity contribution in [3.8, 4) is 0 Å². The highest BCUT2D eigenvalue weighted by atomic mass is 32.2. The first kappa shape index (κ1) is 19.3. The van der Waals surface area contributed by atoms with Gasteiger partial charge in [-0.05, 0) is 37.5 Å². The molecule has 26 heavy (non-hydrogen) atoms. The van der Waals surface area contributed by atoms with Gasteiger partial charge in [-0.15, -0.1) is 0 Å². The maximum Gasteiger partial charge on any atom is 0.243 e. The summed E-state index contributed by atoms with van der Waals surface area (Å²) in [6, 6.07) is 5.05. The first-order valence-electron chi connectivity index (χ1n) is 8.92. The molecule has 144 valence electrons. The van der Waals surface area contributed by atoms with Crippen molar-refractivity contribution < 1.29 is 22.3 Å². The SMILES string of the molecule is CC(C)C(=O)N[C@H]1COC2(CCN(S(=O)(=O)c3cccc(F)c3)CC2)C1. The highest BCUT2D eigenvalue weighted by Gasteiger charge is 2.45. The summed E-state index contributed by atoms with van der Waals surface area (Å²) in [5.74, 6) is -0.644. The van der Waals surface area contributed by atoms with E-state index in [1.54, 1.807) is 0 Å². The van der Waals surface area contributed by atoms with Crippen molar-refractivity contribution in [1.82, 2.24) is 9.62 Å². The second-order valence-corrected chi connectivity index (χ2v) is 9.36. The predicted molar refractivity (Wildman–Crippen MR) is 94.5 cm³/mol. The van der Waals surface area contributed by atoms with Crippen LogP contribution in [0.4, 0.5) is 4.39 Å². The predicted octanol–water partition coefficient (Wildman–Crippen LogP) is 1.91. The molecule has 2 saturated heterocycles. The number of nitrogens with zero attached hydrogens (tertiary/aromatic N) is 1. The first-order chi connectivity index (χ1) is 12.2. The zero-order chi connectivity index (χ0) is 18.9. The maximum absolute atomic E-state index is 13.4. The molecule has 0 saturated carbocycles. The number of benzene rings is 1. The molecule has 1 atom stereocenters. The molecule has 0 aliphatic carbocycles.